The summed E-state index contributed by atoms with van der Waals surface area (Å²) in [5.74, 6) is -0.351. The van der Waals surface area contributed by atoms with Crippen molar-refractivity contribution in [3.8, 4) is 5.69 Å². The number of carbonyl (C=O) groups is 1. The van der Waals surface area contributed by atoms with E-state index in [0.29, 0.717) is 22.9 Å². The molecule has 0 saturated carbocycles. The Kier molecular flexibility index (Phi) is 5.50. The van der Waals surface area contributed by atoms with Crippen LogP contribution in [0, 0.1) is 6.92 Å². The molecule has 0 bridgehead atoms. The van der Waals surface area contributed by atoms with Gasteiger partial charge in [-0.3, -0.25) is 9.59 Å². The molecule has 6 nitrogen and oxygen atoms in total. The van der Waals surface area contributed by atoms with Gasteiger partial charge in [0.05, 0.1) is 17.9 Å². The molecule has 0 unspecified atom stereocenters. The predicted molar refractivity (Wildman–Crippen MR) is 118 cm³/mol. The third kappa shape index (κ3) is 4.18. The van der Waals surface area contributed by atoms with Crippen LogP contribution in [0.5, 0.6) is 0 Å². The van der Waals surface area contributed by atoms with Crippen LogP contribution >= 0.6 is 11.6 Å². The van der Waals surface area contributed by atoms with E-state index in [1.807, 2.05) is 55.5 Å². The lowest BCUT2D eigenvalue weighted by atomic mass is 10.2. The van der Waals surface area contributed by atoms with Gasteiger partial charge in [0.1, 0.15) is 0 Å². The van der Waals surface area contributed by atoms with Gasteiger partial charge in [-0.25, -0.2) is 4.68 Å². The average molecular weight is 419 g/mol. The lowest BCUT2D eigenvalue weighted by molar-refractivity contribution is 0.102. The SMILES string of the molecule is Cc1cc(C(=O)Nc2ccc(=O)n(Cc3ccccc3Cl)c2)nn1-c1ccccc1. The molecule has 0 aliphatic heterocycles. The Morgan fingerprint density at radius 1 is 1.03 bits per heavy atom. The van der Waals surface area contributed by atoms with E-state index in [4.69, 9.17) is 11.6 Å². The quantitative estimate of drug-likeness (QED) is 0.525. The maximum absolute atomic E-state index is 12.7. The van der Waals surface area contributed by atoms with Gasteiger partial charge in [-0.05, 0) is 42.8 Å². The van der Waals surface area contributed by atoms with Crippen molar-refractivity contribution in [1.82, 2.24) is 14.3 Å². The smallest absolute Gasteiger partial charge is 0.276 e. The number of aromatic nitrogens is 3. The number of pyridine rings is 1. The van der Waals surface area contributed by atoms with Crippen LogP contribution in [-0.2, 0) is 6.54 Å². The van der Waals surface area contributed by atoms with Crippen molar-refractivity contribution in [3.63, 3.8) is 0 Å². The first kappa shape index (κ1) is 19.7. The van der Waals surface area contributed by atoms with Crippen molar-refractivity contribution in [2.45, 2.75) is 13.5 Å². The zero-order valence-electron chi connectivity index (χ0n) is 16.2. The highest BCUT2D eigenvalue weighted by Crippen LogP contribution is 2.17. The van der Waals surface area contributed by atoms with Gasteiger partial charge >= 0.3 is 0 Å². The zero-order chi connectivity index (χ0) is 21.1. The molecule has 0 aliphatic carbocycles. The van der Waals surface area contributed by atoms with Crippen molar-refractivity contribution in [2.24, 2.45) is 0 Å². The van der Waals surface area contributed by atoms with E-state index in [9.17, 15) is 9.59 Å². The van der Waals surface area contributed by atoms with Gasteiger partial charge in [-0.1, -0.05) is 48.0 Å². The van der Waals surface area contributed by atoms with Crippen LogP contribution in [0.1, 0.15) is 21.7 Å². The molecule has 0 aliphatic rings. The van der Waals surface area contributed by atoms with Crippen molar-refractivity contribution >= 4 is 23.2 Å². The third-order valence-electron chi connectivity index (χ3n) is 4.66. The molecule has 7 heteroatoms. The first-order valence-corrected chi connectivity index (χ1v) is 9.76. The summed E-state index contributed by atoms with van der Waals surface area (Å²) in [5, 5.41) is 7.81. The molecule has 1 N–H and O–H groups in total. The Bertz CT molecular complexity index is 1260. The molecule has 2 heterocycles. The second kappa shape index (κ2) is 8.39. The van der Waals surface area contributed by atoms with Gasteiger partial charge in [0.25, 0.3) is 11.5 Å². The summed E-state index contributed by atoms with van der Waals surface area (Å²) < 4.78 is 3.22. The molecule has 2 aromatic heterocycles. The summed E-state index contributed by atoms with van der Waals surface area (Å²) in [6.45, 7) is 2.20. The van der Waals surface area contributed by atoms with Crippen molar-refractivity contribution < 1.29 is 4.79 Å². The number of nitrogens with one attached hydrogen (secondary N) is 1. The Hall–Kier alpha value is -3.64. The van der Waals surface area contributed by atoms with Crippen LogP contribution in [0.3, 0.4) is 0 Å². The maximum Gasteiger partial charge on any atom is 0.276 e. The molecular formula is C23H19ClN4O2. The number of amides is 1. The third-order valence-corrected chi connectivity index (χ3v) is 5.03. The van der Waals surface area contributed by atoms with Gasteiger partial charge < -0.3 is 9.88 Å². The summed E-state index contributed by atoms with van der Waals surface area (Å²) in [4.78, 5) is 25.0. The molecule has 0 radical (unpaired) electrons. The van der Waals surface area contributed by atoms with Gasteiger partial charge in [-0.2, -0.15) is 5.10 Å². The molecule has 0 spiro atoms. The predicted octanol–water partition coefficient (Wildman–Crippen LogP) is 4.30. The van der Waals surface area contributed by atoms with E-state index in [1.165, 1.54) is 10.6 Å². The minimum Gasteiger partial charge on any atom is -0.319 e. The number of halogens is 1. The Morgan fingerprint density at radius 2 is 1.77 bits per heavy atom. The summed E-state index contributed by atoms with van der Waals surface area (Å²) >= 11 is 6.20. The fourth-order valence-corrected chi connectivity index (χ4v) is 3.35. The Balaban J connectivity index is 1.56. The summed E-state index contributed by atoms with van der Waals surface area (Å²) in [6.07, 6.45) is 1.60. The second-order valence-corrected chi connectivity index (χ2v) is 7.25. The number of anilines is 1. The monoisotopic (exact) mass is 418 g/mol. The second-order valence-electron chi connectivity index (χ2n) is 6.85. The largest absolute Gasteiger partial charge is 0.319 e. The maximum atomic E-state index is 12.7. The van der Waals surface area contributed by atoms with Gasteiger partial charge in [0.2, 0.25) is 0 Å². The van der Waals surface area contributed by atoms with Crippen LogP contribution in [0.15, 0.2) is 83.8 Å². The Labute approximate surface area is 178 Å². The number of rotatable bonds is 5. The fourth-order valence-electron chi connectivity index (χ4n) is 3.15. The fraction of sp³-hybridized carbons (Fsp3) is 0.0870. The van der Waals surface area contributed by atoms with Crippen molar-refractivity contribution in [2.75, 3.05) is 5.32 Å². The first-order chi connectivity index (χ1) is 14.5. The lowest BCUT2D eigenvalue weighted by Crippen LogP contribution is -2.21. The number of nitrogens with zero attached hydrogens (tertiary/aromatic N) is 3. The van der Waals surface area contributed by atoms with E-state index < -0.39 is 0 Å². The number of hydrogen-bond acceptors (Lipinski definition) is 3. The Morgan fingerprint density at radius 3 is 2.53 bits per heavy atom. The number of aryl methyl sites for hydroxylation is 1. The molecule has 1 amide bonds. The highest BCUT2D eigenvalue weighted by molar-refractivity contribution is 6.31. The van der Waals surface area contributed by atoms with Crippen LogP contribution in [0.2, 0.25) is 5.02 Å². The molecule has 30 heavy (non-hydrogen) atoms. The molecule has 150 valence electrons. The summed E-state index contributed by atoms with van der Waals surface area (Å²) in [7, 11) is 0. The standard InChI is InChI=1S/C23H19ClN4O2/c1-16-13-21(26-28(16)19-8-3-2-4-9-19)23(30)25-18-11-12-22(29)27(15-18)14-17-7-5-6-10-20(17)24/h2-13,15H,14H2,1H3,(H,25,30). The number of hydrogen-bond donors (Lipinski definition) is 1. The van der Waals surface area contributed by atoms with E-state index in [-0.39, 0.29) is 11.5 Å². The summed E-state index contributed by atoms with van der Waals surface area (Å²) in [5.41, 5.74) is 3.15. The highest BCUT2D eigenvalue weighted by atomic mass is 35.5. The van der Waals surface area contributed by atoms with Crippen molar-refractivity contribution in [1.29, 1.82) is 0 Å². The normalized spacial score (nSPS) is 10.7. The van der Waals surface area contributed by atoms with E-state index in [1.54, 1.807) is 29.1 Å². The van der Waals surface area contributed by atoms with Crippen molar-refractivity contribution in [3.05, 3.63) is 111 Å². The molecule has 4 rings (SSSR count). The zero-order valence-corrected chi connectivity index (χ0v) is 17.0. The van der Waals surface area contributed by atoms with Crippen LogP contribution in [0.25, 0.3) is 5.69 Å². The van der Waals surface area contributed by atoms with Gasteiger partial charge in [0.15, 0.2) is 5.69 Å². The first-order valence-electron chi connectivity index (χ1n) is 9.38. The van der Waals surface area contributed by atoms with Gasteiger partial charge in [-0.15, -0.1) is 0 Å². The van der Waals surface area contributed by atoms with E-state index >= 15 is 0 Å². The number of benzene rings is 2. The number of carbonyl (C=O) groups excluding carboxylic acids is 1. The van der Waals surface area contributed by atoms with Crippen LogP contribution < -0.4 is 10.9 Å². The number of para-hydroxylation sites is 1. The molecule has 0 fully saturated rings. The van der Waals surface area contributed by atoms with Crippen LogP contribution in [-0.4, -0.2) is 20.3 Å². The van der Waals surface area contributed by atoms with Gasteiger partial charge in [0, 0.05) is 23.0 Å². The van der Waals surface area contributed by atoms with Crippen LogP contribution in [0.4, 0.5) is 5.69 Å². The van der Waals surface area contributed by atoms with E-state index in [2.05, 4.69) is 10.4 Å². The minimum absolute atomic E-state index is 0.183. The molecular weight excluding hydrogens is 400 g/mol. The minimum atomic E-state index is -0.351. The average Bonchev–Trinajstić information content (AvgIpc) is 3.14. The lowest BCUT2D eigenvalue weighted by Gasteiger charge is -2.10. The highest BCUT2D eigenvalue weighted by Gasteiger charge is 2.14. The van der Waals surface area contributed by atoms with E-state index in [0.717, 1.165) is 16.9 Å². The molecule has 4 aromatic rings. The molecule has 2 aromatic carbocycles. The molecule has 0 saturated heterocycles. The molecule has 0 atom stereocenters. The summed E-state index contributed by atoms with van der Waals surface area (Å²) in [6, 6.07) is 21.7. The topological polar surface area (TPSA) is 68.9 Å².